The van der Waals surface area contributed by atoms with Crippen LogP contribution in [-0.2, 0) is 25.5 Å². The summed E-state index contributed by atoms with van der Waals surface area (Å²) in [5.74, 6) is -2.26. The van der Waals surface area contributed by atoms with Crippen molar-refractivity contribution in [1.29, 1.82) is 0 Å². The van der Waals surface area contributed by atoms with Gasteiger partial charge in [-0.3, -0.25) is 14.4 Å². The molecule has 0 unspecified atom stereocenters. The monoisotopic (exact) mass is 475 g/mol. The number of amides is 3. The van der Waals surface area contributed by atoms with Crippen LogP contribution in [0.2, 0.25) is 0 Å². The number of hydrogen-bond acceptors (Lipinski definition) is 5. The van der Waals surface area contributed by atoms with Gasteiger partial charge in [0.1, 0.15) is 5.60 Å². The third-order valence-electron chi connectivity index (χ3n) is 5.59. The van der Waals surface area contributed by atoms with Gasteiger partial charge in [-0.1, -0.05) is 30.3 Å². The van der Waals surface area contributed by atoms with E-state index in [9.17, 15) is 24.3 Å². The number of nitrogens with zero attached hydrogens (tertiary/aromatic N) is 1. The van der Waals surface area contributed by atoms with Crippen molar-refractivity contribution in [3.63, 3.8) is 0 Å². The molecule has 1 aromatic carbocycles. The first-order valence-electron chi connectivity index (χ1n) is 11.8. The molecule has 9 heteroatoms. The van der Waals surface area contributed by atoms with Gasteiger partial charge in [-0.2, -0.15) is 0 Å². The predicted molar refractivity (Wildman–Crippen MR) is 127 cm³/mol. The molecule has 1 saturated heterocycles. The molecule has 0 aromatic heterocycles. The predicted octanol–water partition coefficient (Wildman–Crippen LogP) is 2.59. The topological polar surface area (TPSA) is 125 Å². The molecule has 188 valence electrons. The Balaban J connectivity index is 1.75. The standard InChI is InChI=1S/C25H37N3O6/c1-25(2,3)34-24(33)26-13-7-12-21(29)27-16-19-17-28(23(32)20(19)15-22(30)31)14-8-11-18-9-5-4-6-10-18/h4-6,9-10,19-20H,7-8,11-17H2,1-3H3,(H,26,33)(H,27,29)(H,30,31)/t19-,20+/m1/s1. The van der Waals surface area contributed by atoms with Crippen molar-refractivity contribution in [2.45, 2.75) is 58.5 Å². The van der Waals surface area contributed by atoms with Gasteiger partial charge in [0.25, 0.3) is 0 Å². The lowest BCUT2D eigenvalue weighted by Crippen LogP contribution is -2.35. The lowest BCUT2D eigenvalue weighted by atomic mass is 9.92. The van der Waals surface area contributed by atoms with Gasteiger partial charge in [-0.05, 0) is 45.6 Å². The molecule has 2 atom stereocenters. The Morgan fingerprint density at radius 3 is 2.47 bits per heavy atom. The van der Waals surface area contributed by atoms with Crippen LogP contribution in [0.4, 0.5) is 4.79 Å². The van der Waals surface area contributed by atoms with E-state index < -0.39 is 23.6 Å². The average molecular weight is 476 g/mol. The molecule has 9 nitrogen and oxygen atoms in total. The molecule has 3 amide bonds. The highest BCUT2D eigenvalue weighted by Crippen LogP contribution is 2.28. The summed E-state index contributed by atoms with van der Waals surface area (Å²) in [7, 11) is 0. The third-order valence-corrected chi connectivity index (χ3v) is 5.59. The van der Waals surface area contributed by atoms with Crippen molar-refractivity contribution in [3.05, 3.63) is 35.9 Å². The van der Waals surface area contributed by atoms with Crippen LogP contribution in [0.5, 0.6) is 0 Å². The van der Waals surface area contributed by atoms with Crippen molar-refractivity contribution in [2.24, 2.45) is 11.8 Å². The Bertz CT molecular complexity index is 837. The fourth-order valence-electron chi connectivity index (χ4n) is 3.99. The summed E-state index contributed by atoms with van der Waals surface area (Å²) in [5.41, 5.74) is 0.614. The van der Waals surface area contributed by atoms with E-state index in [1.807, 2.05) is 30.3 Å². The molecule has 1 aromatic rings. The molecular formula is C25H37N3O6. The van der Waals surface area contributed by atoms with E-state index >= 15 is 0 Å². The van der Waals surface area contributed by atoms with Crippen molar-refractivity contribution in [3.8, 4) is 0 Å². The molecule has 0 spiro atoms. The summed E-state index contributed by atoms with van der Waals surface area (Å²) >= 11 is 0. The maximum Gasteiger partial charge on any atom is 0.407 e. The normalized spacial score (nSPS) is 18.0. The summed E-state index contributed by atoms with van der Waals surface area (Å²) in [5, 5.41) is 14.7. The number of aryl methyl sites for hydroxylation is 1. The molecule has 0 radical (unpaired) electrons. The maximum absolute atomic E-state index is 12.8. The van der Waals surface area contributed by atoms with Crippen LogP contribution < -0.4 is 10.6 Å². The molecule has 1 aliphatic rings. The summed E-state index contributed by atoms with van der Waals surface area (Å²) in [4.78, 5) is 49.7. The van der Waals surface area contributed by atoms with E-state index in [2.05, 4.69) is 10.6 Å². The van der Waals surface area contributed by atoms with Crippen LogP contribution >= 0.6 is 0 Å². The van der Waals surface area contributed by atoms with Crippen LogP contribution in [0.3, 0.4) is 0 Å². The molecule has 2 rings (SSSR count). The van der Waals surface area contributed by atoms with Gasteiger partial charge in [-0.15, -0.1) is 0 Å². The van der Waals surface area contributed by atoms with Crippen molar-refractivity contribution >= 4 is 23.9 Å². The number of nitrogens with one attached hydrogen (secondary N) is 2. The highest BCUT2D eigenvalue weighted by atomic mass is 16.6. The van der Waals surface area contributed by atoms with E-state index in [1.165, 1.54) is 5.56 Å². The van der Waals surface area contributed by atoms with Gasteiger partial charge in [0, 0.05) is 38.5 Å². The third kappa shape index (κ3) is 9.80. The molecule has 0 bridgehead atoms. The Labute approximate surface area is 201 Å². The highest BCUT2D eigenvalue weighted by Gasteiger charge is 2.41. The number of carboxylic acid groups (broad SMARTS) is 1. The first-order chi connectivity index (χ1) is 16.0. The van der Waals surface area contributed by atoms with Crippen LogP contribution in [-0.4, -0.2) is 65.7 Å². The van der Waals surface area contributed by atoms with Gasteiger partial charge in [-0.25, -0.2) is 4.79 Å². The van der Waals surface area contributed by atoms with E-state index in [0.29, 0.717) is 26.1 Å². The van der Waals surface area contributed by atoms with Gasteiger partial charge < -0.3 is 25.4 Å². The van der Waals surface area contributed by atoms with Gasteiger partial charge in [0.15, 0.2) is 0 Å². The van der Waals surface area contributed by atoms with Crippen LogP contribution in [0.25, 0.3) is 0 Å². The zero-order chi connectivity index (χ0) is 25.1. The molecule has 3 N–H and O–H groups in total. The summed E-state index contributed by atoms with van der Waals surface area (Å²) < 4.78 is 5.14. The summed E-state index contributed by atoms with van der Waals surface area (Å²) in [6, 6.07) is 10.00. The number of benzene rings is 1. The first-order valence-corrected chi connectivity index (χ1v) is 11.8. The number of aliphatic carboxylic acids is 1. The number of ether oxygens (including phenoxy) is 1. The molecular weight excluding hydrogens is 438 g/mol. The van der Waals surface area contributed by atoms with Crippen molar-refractivity contribution in [1.82, 2.24) is 15.5 Å². The molecule has 34 heavy (non-hydrogen) atoms. The number of alkyl carbamates (subject to hydrolysis) is 1. The summed E-state index contributed by atoms with van der Waals surface area (Å²) in [6.07, 6.45) is 1.52. The minimum atomic E-state index is -1.02. The fraction of sp³-hybridized carbons (Fsp3) is 0.600. The van der Waals surface area contributed by atoms with Crippen molar-refractivity contribution < 1.29 is 29.0 Å². The summed E-state index contributed by atoms with van der Waals surface area (Å²) in [6.45, 7) is 6.87. The van der Waals surface area contributed by atoms with Crippen LogP contribution in [0.1, 0.15) is 52.0 Å². The Kier molecular flexibility index (Phi) is 10.3. The molecule has 0 aliphatic carbocycles. The second kappa shape index (κ2) is 13.0. The average Bonchev–Trinajstić information content (AvgIpc) is 3.03. The number of likely N-dealkylation sites (tertiary alicyclic amines) is 1. The molecule has 1 heterocycles. The minimum Gasteiger partial charge on any atom is -0.481 e. The van der Waals surface area contributed by atoms with Crippen molar-refractivity contribution in [2.75, 3.05) is 26.2 Å². The molecule has 1 fully saturated rings. The SMILES string of the molecule is CC(C)(C)OC(=O)NCCCC(=O)NC[C@@H]1CN(CCCc2ccccc2)C(=O)[C@H]1CC(=O)O. The van der Waals surface area contributed by atoms with E-state index in [-0.39, 0.29) is 37.1 Å². The number of carboxylic acids is 1. The number of carbonyl (C=O) groups excluding carboxylic acids is 3. The molecule has 0 saturated carbocycles. The second-order valence-corrected chi connectivity index (χ2v) is 9.67. The van der Waals surface area contributed by atoms with E-state index in [4.69, 9.17) is 4.74 Å². The van der Waals surface area contributed by atoms with Gasteiger partial charge in [0.2, 0.25) is 11.8 Å². The minimum absolute atomic E-state index is 0.156. The zero-order valence-electron chi connectivity index (χ0n) is 20.3. The van der Waals surface area contributed by atoms with Gasteiger partial charge in [0.05, 0.1) is 12.3 Å². The fourth-order valence-corrected chi connectivity index (χ4v) is 3.99. The second-order valence-electron chi connectivity index (χ2n) is 9.67. The Morgan fingerprint density at radius 1 is 1.12 bits per heavy atom. The quantitative estimate of drug-likeness (QED) is 0.399. The first kappa shape index (κ1) is 27.1. The number of rotatable bonds is 12. The Morgan fingerprint density at radius 2 is 1.82 bits per heavy atom. The zero-order valence-corrected chi connectivity index (χ0v) is 20.3. The lowest BCUT2D eigenvalue weighted by molar-refractivity contribution is -0.142. The lowest BCUT2D eigenvalue weighted by Gasteiger charge is -2.19. The molecule has 1 aliphatic heterocycles. The Hall–Kier alpha value is -3.10. The smallest absolute Gasteiger partial charge is 0.407 e. The maximum atomic E-state index is 12.8. The number of hydrogen-bond donors (Lipinski definition) is 3. The van der Waals surface area contributed by atoms with Crippen LogP contribution in [0, 0.1) is 11.8 Å². The number of carbonyl (C=O) groups is 4. The van der Waals surface area contributed by atoms with E-state index in [0.717, 1.165) is 12.8 Å². The van der Waals surface area contributed by atoms with Crippen LogP contribution in [0.15, 0.2) is 30.3 Å². The highest BCUT2D eigenvalue weighted by molar-refractivity contribution is 5.85. The van der Waals surface area contributed by atoms with Gasteiger partial charge >= 0.3 is 12.1 Å². The largest absolute Gasteiger partial charge is 0.481 e. The van der Waals surface area contributed by atoms with E-state index in [1.54, 1.807) is 25.7 Å².